The molecule has 0 unspecified atom stereocenters. The van der Waals surface area contributed by atoms with Gasteiger partial charge in [-0.15, -0.1) is 0 Å². The Labute approximate surface area is 81.6 Å². The molecular formula is C11H9ClO. The largest absolute Gasteiger partial charge is 0.392 e. The van der Waals surface area contributed by atoms with Gasteiger partial charge in [0.25, 0.3) is 0 Å². The Kier molecular flexibility index (Phi) is 2.21. The van der Waals surface area contributed by atoms with Gasteiger partial charge in [0.1, 0.15) is 0 Å². The minimum atomic E-state index is 0.0719. The number of aliphatic hydroxyl groups excluding tert-OH is 1. The molecule has 0 aliphatic carbocycles. The summed E-state index contributed by atoms with van der Waals surface area (Å²) < 4.78 is 0. The molecule has 0 bridgehead atoms. The monoisotopic (exact) mass is 192 g/mol. The molecule has 2 aromatic carbocycles. The Balaban J connectivity index is 2.72. The molecule has 0 spiro atoms. The molecule has 0 amide bonds. The third-order valence-corrected chi connectivity index (χ3v) is 2.40. The third-order valence-electron chi connectivity index (χ3n) is 2.07. The quantitative estimate of drug-likeness (QED) is 0.737. The molecule has 1 N–H and O–H groups in total. The molecular weight excluding hydrogens is 184 g/mol. The Morgan fingerprint density at radius 3 is 2.77 bits per heavy atom. The van der Waals surface area contributed by atoms with Gasteiger partial charge in [0.05, 0.1) is 6.61 Å². The van der Waals surface area contributed by atoms with E-state index in [-0.39, 0.29) is 6.61 Å². The Morgan fingerprint density at radius 1 is 1.15 bits per heavy atom. The van der Waals surface area contributed by atoms with Gasteiger partial charge in [0, 0.05) is 10.4 Å². The van der Waals surface area contributed by atoms with Crippen LogP contribution in [0.3, 0.4) is 0 Å². The van der Waals surface area contributed by atoms with Crippen molar-refractivity contribution in [3.8, 4) is 0 Å². The number of aliphatic hydroxyl groups is 1. The van der Waals surface area contributed by atoms with E-state index in [2.05, 4.69) is 0 Å². The zero-order valence-electron chi connectivity index (χ0n) is 7.00. The zero-order chi connectivity index (χ0) is 9.26. The molecule has 0 fully saturated rings. The van der Waals surface area contributed by atoms with Crippen LogP contribution in [0.2, 0.25) is 5.02 Å². The fraction of sp³-hybridized carbons (Fsp3) is 0.0909. The molecule has 2 heteroatoms. The van der Waals surface area contributed by atoms with Crippen LogP contribution in [-0.4, -0.2) is 5.11 Å². The van der Waals surface area contributed by atoms with Crippen molar-refractivity contribution in [3.05, 3.63) is 47.0 Å². The summed E-state index contributed by atoms with van der Waals surface area (Å²) in [5.74, 6) is 0. The van der Waals surface area contributed by atoms with Crippen molar-refractivity contribution in [3.63, 3.8) is 0 Å². The van der Waals surface area contributed by atoms with Crippen molar-refractivity contribution in [2.45, 2.75) is 6.61 Å². The van der Waals surface area contributed by atoms with E-state index in [0.717, 1.165) is 21.4 Å². The molecule has 2 aromatic rings. The summed E-state index contributed by atoms with van der Waals surface area (Å²) in [5, 5.41) is 11.8. The van der Waals surface area contributed by atoms with Crippen LogP contribution in [0, 0.1) is 0 Å². The van der Waals surface area contributed by atoms with Crippen LogP contribution in [0.15, 0.2) is 36.4 Å². The van der Waals surface area contributed by atoms with E-state index in [1.165, 1.54) is 0 Å². The highest BCUT2D eigenvalue weighted by Crippen LogP contribution is 2.23. The maximum Gasteiger partial charge on any atom is 0.0682 e. The fourth-order valence-electron chi connectivity index (χ4n) is 1.39. The first-order chi connectivity index (χ1) is 6.31. The lowest BCUT2D eigenvalue weighted by molar-refractivity contribution is 0.282. The van der Waals surface area contributed by atoms with Crippen LogP contribution in [0.25, 0.3) is 10.8 Å². The van der Waals surface area contributed by atoms with Gasteiger partial charge in [0.2, 0.25) is 0 Å². The lowest BCUT2D eigenvalue weighted by atomic mass is 10.1. The van der Waals surface area contributed by atoms with E-state index in [9.17, 15) is 0 Å². The van der Waals surface area contributed by atoms with E-state index in [0.29, 0.717) is 0 Å². The molecule has 0 aliphatic heterocycles. The molecule has 0 aromatic heterocycles. The lowest BCUT2D eigenvalue weighted by Gasteiger charge is -2.01. The Morgan fingerprint density at radius 2 is 2.00 bits per heavy atom. The highest BCUT2D eigenvalue weighted by atomic mass is 35.5. The Hall–Kier alpha value is -1.05. The molecule has 2 rings (SSSR count). The van der Waals surface area contributed by atoms with Crippen molar-refractivity contribution in [1.82, 2.24) is 0 Å². The predicted octanol–water partition coefficient (Wildman–Crippen LogP) is 2.99. The highest BCUT2D eigenvalue weighted by molar-refractivity contribution is 6.35. The minimum Gasteiger partial charge on any atom is -0.392 e. The first-order valence-electron chi connectivity index (χ1n) is 4.09. The molecule has 0 radical (unpaired) electrons. The topological polar surface area (TPSA) is 20.2 Å². The second-order valence-corrected chi connectivity index (χ2v) is 3.36. The minimum absolute atomic E-state index is 0.0719. The molecule has 0 saturated carbocycles. The van der Waals surface area contributed by atoms with Crippen molar-refractivity contribution in [1.29, 1.82) is 0 Å². The van der Waals surface area contributed by atoms with Gasteiger partial charge >= 0.3 is 0 Å². The van der Waals surface area contributed by atoms with Gasteiger partial charge in [-0.3, -0.25) is 0 Å². The number of hydrogen-bond donors (Lipinski definition) is 1. The average molecular weight is 193 g/mol. The van der Waals surface area contributed by atoms with Crippen LogP contribution in [0.4, 0.5) is 0 Å². The molecule has 0 atom stereocenters. The number of benzene rings is 2. The van der Waals surface area contributed by atoms with Gasteiger partial charge in [0.15, 0.2) is 0 Å². The normalized spacial score (nSPS) is 10.6. The molecule has 0 saturated heterocycles. The summed E-state index contributed by atoms with van der Waals surface area (Å²) in [4.78, 5) is 0. The van der Waals surface area contributed by atoms with Gasteiger partial charge in [-0.05, 0) is 23.1 Å². The molecule has 0 aliphatic rings. The predicted molar refractivity (Wildman–Crippen MR) is 54.9 cm³/mol. The zero-order valence-corrected chi connectivity index (χ0v) is 7.75. The van der Waals surface area contributed by atoms with E-state index in [1.54, 1.807) is 0 Å². The number of rotatable bonds is 1. The lowest BCUT2D eigenvalue weighted by Crippen LogP contribution is -1.82. The molecule has 66 valence electrons. The van der Waals surface area contributed by atoms with Crippen LogP contribution in [0.1, 0.15) is 5.56 Å². The maximum absolute atomic E-state index is 8.93. The van der Waals surface area contributed by atoms with E-state index < -0.39 is 0 Å². The fourth-order valence-corrected chi connectivity index (χ4v) is 1.64. The second kappa shape index (κ2) is 3.36. The Bertz CT molecular complexity index is 437. The second-order valence-electron chi connectivity index (χ2n) is 2.95. The summed E-state index contributed by atoms with van der Waals surface area (Å²) in [5.41, 5.74) is 0.912. The van der Waals surface area contributed by atoms with Crippen LogP contribution < -0.4 is 0 Å². The first-order valence-corrected chi connectivity index (χ1v) is 4.47. The van der Waals surface area contributed by atoms with Crippen LogP contribution >= 0.6 is 11.6 Å². The van der Waals surface area contributed by atoms with Gasteiger partial charge in [-0.25, -0.2) is 0 Å². The summed E-state index contributed by atoms with van der Waals surface area (Å²) in [6.45, 7) is 0.0719. The average Bonchev–Trinajstić information content (AvgIpc) is 2.18. The summed E-state index contributed by atoms with van der Waals surface area (Å²) in [6, 6.07) is 11.5. The SMILES string of the molecule is OCc1ccc2c(Cl)cccc2c1. The third kappa shape index (κ3) is 1.53. The van der Waals surface area contributed by atoms with Crippen molar-refractivity contribution < 1.29 is 5.11 Å². The molecule has 0 heterocycles. The smallest absolute Gasteiger partial charge is 0.0682 e. The van der Waals surface area contributed by atoms with Gasteiger partial charge < -0.3 is 5.11 Å². The number of halogens is 1. The van der Waals surface area contributed by atoms with E-state index in [1.807, 2.05) is 36.4 Å². The first kappa shape index (κ1) is 8.54. The van der Waals surface area contributed by atoms with Gasteiger partial charge in [-0.2, -0.15) is 0 Å². The van der Waals surface area contributed by atoms with Gasteiger partial charge in [-0.1, -0.05) is 35.9 Å². The summed E-state index contributed by atoms with van der Waals surface area (Å²) in [6.07, 6.45) is 0. The number of hydrogen-bond acceptors (Lipinski definition) is 1. The van der Waals surface area contributed by atoms with E-state index >= 15 is 0 Å². The molecule has 13 heavy (non-hydrogen) atoms. The van der Waals surface area contributed by atoms with Crippen molar-refractivity contribution >= 4 is 22.4 Å². The molecule has 1 nitrogen and oxygen atoms in total. The highest BCUT2D eigenvalue weighted by Gasteiger charge is 1.98. The van der Waals surface area contributed by atoms with Crippen LogP contribution in [0.5, 0.6) is 0 Å². The summed E-state index contributed by atoms with van der Waals surface area (Å²) in [7, 11) is 0. The van der Waals surface area contributed by atoms with Crippen molar-refractivity contribution in [2.24, 2.45) is 0 Å². The number of fused-ring (bicyclic) bond motifs is 1. The van der Waals surface area contributed by atoms with E-state index in [4.69, 9.17) is 16.7 Å². The maximum atomic E-state index is 8.93. The van der Waals surface area contributed by atoms with Crippen LogP contribution in [-0.2, 0) is 6.61 Å². The summed E-state index contributed by atoms with van der Waals surface area (Å²) >= 11 is 5.99. The standard InChI is InChI=1S/C11H9ClO/c12-11-3-1-2-9-6-8(7-13)4-5-10(9)11/h1-6,13H,7H2. The van der Waals surface area contributed by atoms with Crippen molar-refractivity contribution in [2.75, 3.05) is 0 Å².